The van der Waals surface area contributed by atoms with E-state index >= 15 is 0 Å². The number of hydrogen-bond donors (Lipinski definition) is 1. The van der Waals surface area contributed by atoms with Gasteiger partial charge in [-0.2, -0.15) is 4.31 Å². The summed E-state index contributed by atoms with van der Waals surface area (Å²) in [5, 5.41) is 3.30. The highest BCUT2D eigenvalue weighted by Crippen LogP contribution is 2.34. The zero-order valence-electron chi connectivity index (χ0n) is 20.2. The van der Waals surface area contributed by atoms with Gasteiger partial charge in [-0.15, -0.1) is 0 Å². The van der Waals surface area contributed by atoms with Crippen LogP contribution in [0.25, 0.3) is 0 Å². The molecule has 3 aromatic rings. The molecule has 1 saturated heterocycles. The molecule has 0 bridgehead atoms. The predicted molar refractivity (Wildman–Crippen MR) is 138 cm³/mol. The van der Waals surface area contributed by atoms with Gasteiger partial charge in [-0.25, -0.2) is 16.8 Å². The second-order valence-electron chi connectivity index (χ2n) is 8.67. The molecular weight excluding hydrogens is 500 g/mol. The molecule has 3 aromatic carbocycles. The van der Waals surface area contributed by atoms with Crippen molar-refractivity contribution >= 4 is 19.9 Å². The minimum atomic E-state index is -4.17. The number of sulfone groups is 1. The van der Waals surface area contributed by atoms with Gasteiger partial charge in [0.1, 0.15) is 16.4 Å². The van der Waals surface area contributed by atoms with Gasteiger partial charge in [0.2, 0.25) is 10.0 Å². The van der Waals surface area contributed by atoms with Crippen molar-refractivity contribution in [2.75, 3.05) is 25.7 Å². The number of rotatable bonds is 10. The first-order valence-corrected chi connectivity index (χ1v) is 14.7. The minimum absolute atomic E-state index is 0.0159. The summed E-state index contributed by atoms with van der Waals surface area (Å²) in [6, 6.07) is 21.8. The summed E-state index contributed by atoms with van der Waals surface area (Å²) in [4.78, 5) is -0.0483. The lowest BCUT2D eigenvalue weighted by Crippen LogP contribution is -2.51. The lowest BCUT2D eigenvalue weighted by atomic mass is 10.1. The highest BCUT2D eigenvalue weighted by atomic mass is 32.2. The van der Waals surface area contributed by atoms with Gasteiger partial charge in [-0.3, -0.25) is 0 Å². The van der Waals surface area contributed by atoms with Gasteiger partial charge < -0.3 is 14.8 Å². The fraction of sp³-hybridized carbons (Fsp3) is 0.308. The Hall–Kier alpha value is -2.92. The Morgan fingerprint density at radius 3 is 2.14 bits per heavy atom. The summed E-state index contributed by atoms with van der Waals surface area (Å²) in [5.41, 5.74) is 1.73. The first kappa shape index (κ1) is 26.2. The van der Waals surface area contributed by atoms with Gasteiger partial charge in [0.05, 0.1) is 31.8 Å². The summed E-state index contributed by atoms with van der Waals surface area (Å²) in [7, 11) is -4.77. The van der Waals surface area contributed by atoms with Crippen LogP contribution >= 0.6 is 0 Å². The van der Waals surface area contributed by atoms with Crippen LogP contribution in [0.5, 0.6) is 11.5 Å². The van der Waals surface area contributed by atoms with E-state index in [9.17, 15) is 16.8 Å². The number of hydrogen-bond acceptors (Lipinski definition) is 7. The largest absolute Gasteiger partial charge is 0.497 e. The summed E-state index contributed by atoms with van der Waals surface area (Å²) in [6.07, 6.45) is 0. The first-order chi connectivity index (χ1) is 17.2. The molecule has 36 heavy (non-hydrogen) atoms. The topological polar surface area (TPSA) is 102 Å². The molecule has 1 aliphatic heterocycles. The number of methoxy groups -OCH3 is 2. The second-order valence-corrected chi connectivity index (χ2v) is 12.7. The molecule has 0 unspecified atom stereocenters. The summed E-state index contributed by atoms with van der Waals surface area (Å²) < 4.78 is 65.7. The van der Waals surface area contributed by atoms with Gasteiger partial charge >= 0.3 is 0 Å². The Bertz CT molecular complexity index is 1380. The Balaban J connectivity index is 1.75. The Kier molecular flexibility index (Phi) is 7.99. The van der Waals surface area contributed by atoms with E-state index in [2.05, 4.69) is 5.32 Å². The van der Waals surface area contributed by atoms with E-state index in [1.54, 1.807) is 6.07 Å². The summed E-state index contributed by atoms with van der Waals surface area (Å²) in [6.45, 7) is 0.435. The van der Waals surface area contributed by atoms with E-state index in [0.717, 1.165) is 11.1 Å². The van der Waals surface area contributed by atoms with Crippen molar-refractivity contribution in [2.24, 2.45) is 0 Å². The molecule has 0 saturated carbocycles. The third-order valence-electron chi connectivity index (χ3n) is 6.24. The first-order valence-electron chi connectivity index (χ1n) is 11.5. The van der Waals surface area contributed by atoms with Crippen LogP contribution in [-0.2, 0) is 33.0 Å². The number of nitrogens with zero attached hydrogens (tertiary/aromatic N) is 1. The van der Waals surface area contributed by atoms with Gasteiger partial charge in [0.15, 0.2) is 9.84 Å². The van der Waals surface area contributed by atoms with Crippen LogP contribution in [0.1, 0.15) is 11.1 Å². The van der Waals surface area contributed by atoms with Crippen LogP contribution in [-0.4, -0.2) is 58.9 Å². The fourth-order valence-electron chi connectivity index (χ4n) is 4.41. The summed E-state index contributed by atoms with van der Waals surface area (Å²) in [5.74, 6) is 0.156. The third kappa shape index (κ3) is 5.89. The standard InChI is InChI=1S/C26H30N2O6S2/c1-33-22-13-14-26(25(15-22)34-2)36(31,32)28(17-21-11-7-4-8-12-21)24-19-35(29,30)18-23(24)27-16-20-9-5-3-6-10-20/h3-15,23-24,27H,16-19H2,1-2H3/t23-,24+/m0/s1. The number of sulfonamides is 1. The fourth-order valence-corrected chi connectivity index (χ4v) is 8.25. The average molecular weight is 531 g/mol. The molecule has 1 fully saturated rings. The smallest absolute Gasteiger partial charge is 0.247 e. The second kappa shape index (κ2) is 11.0. The molecular formula is C26H30N2O6S2. The van der Waals surface area contributed by atoms with Gasteiger partial charge in [-0.05, 0) is 23.3 Å². The average Bonchev–Trinajstić information content (AvgIpc) is 3.20. The molecule has 0 aromatic heterocycles. The quantitative estimate of drug-likeness (QED) is 0.430. The molecule has 1 N–H and O–H groups in total. The van der Waals surface area contributed by atoms with Crippen LogP contribution in [0.15, 0.2) is 83.8 Å². The maximum atomic E-state index is 14.1. The zero-order chi connectivity index (χ0) is 25.8. The molecule has 0 aliphatic carbocycles. The van der Waals surface area contributed by atoms with Crippen molar-refractivity contribution in [1.29, 1.82) is 0 Å². The monoisotopic (exact) mass is 530 g/mol. The maximum Gasteiger partial charge on any atom is 0.247 e. The lowest BCUT2D eigenvalue weighted by molar-refractivity contribution is 0.285. The van der Waals surface area contributed by atoms with Crippen LogP contribution in [0, 0.1) is 0 Å². The Morgan fingerprint density at radius 2 is 1.53 bits per heavy atom. The third-order valence-corrected chi connectivity index (χ3v) is 9.87. The Morgan fingerprint density at radius 1 is 0.889 bits per heavy atom. The van der Waals surface area contributed by atoms with Crippen LogP contribution in [0.4, 0.5) is 0 Å². The van der Waals surface area contributed by atoms with Crippen molar-refractivity contribution in [3.63, 3.8) is 0 Å². The minimum Gasteiger partial charge on any atom is -0.497 e. The van der Waals surface area contributed by atoms with Gasteiger partial charge in [-0.1, -0.05) is 60.7 Å². The van der Waals surface area contributed by atoms with Crippen molar-refractivity contribution in [3.05, 3.63) is 90.0 Å². The molecule has 0 spiro atoms. The molecule has 8 nitrogen and oxygen atoms in total. The normalized spacial score (nSPS) is 19.3. The van der Waals surface area contributed by atoms with E-state index < -0.39 is 31.9 Å². The van der Waals surface area contributed by atoms with Crippen molar-refractivity contribution in [3.8, 4) is 11.5 Å². The summed E-state index contributed by atoms with van der Waals surface area (Å²) >= 11 is 0. The van der Waals surface area contributed by atoms with Crippen molar-refractivity contribution < 1.29 is 26.3 Å². The van der Waals surface area contributed by atoms with E-state index in [0.29, 0.717) is 12.3 Å². The highest BCUT2D eigenvalue weighted by molar-refractivity contribution is 7.92. The predicted octanol–water partition coefficient (Wildman–Crippen LogP) is 2.85. The SMILES string of the molecule is COc1ccc(S(=O)(=O)N(Cc2ccccc2)[C@@H]2CS(=O)(=O)C[C@@H]2NCc2ccccc2)c(OC)c1. The molecule has 4 rings (SSSR count). The molecule has 0 amide bonds. The van der Waals surface area contributed by atoms with E-state index in [1.807, 2.05) is 60.7 Å². The van der Waals surface area contributed by atoms with Crippen LogP contribution in [0.3, 0.4) is 0 Å². The van der Waals surface area contributed by atoms with Crippen LogP contribution < -0.4 is 14.8 Å². The molecule has 2 atom stereocenters. The van der Waals surface area contributed by atoms with E-state index in [-0.39, 0.29) is 28.7 Å². The highest BCUT2D eigenvalue weighted by Gasteiger charge is 2.46. The van der Waals surface area contributed by atoms with Gasteiger partial charge in [0.25, 0.3) is 0 Å². The maximum absolute atomic E-state index is 14.1. The van der Waals surface area contributed by atoms with Crippen molar-refractivity contribution in [1.82, 2.24) is 9.62 Å². The zero-order valence-corrected chi connectivity index (χ0v) is 21.8. The lowest BCUT2D eigenvalue weighted by Gasteiger charge is -2.32. The van der Waals surface area contributed by atoms with Crippen molar-refractivity contribution in [2.45, 2.75) is 30.1 Å². The van der Waals surface area contributed by atoms with E-state index in [1.165, 1.54) is 30.7 Å². The molecule has 192 valence electrons. The molecule has 1 aliphatic rings. The molecule has 0 radical (unpaired) electrons. The van der Waals surface area contributed by atoms with E-state index in [4.69, 9.17) is 9.47 Å². The number of nitrogens with one attached hydrogen (secondary N) is 1. The Labute approximate surface area is 212 Å². The number of benzene rings is 3. The van der Waals surface area contributed by atoms with Crippen LogP contribution in [0.2, 0.25) is 0 Å². The van der Waals surface area contributed by atoms with Gasteiger partial charge in [0, 0.05) is 25.2 Å². The molecule has 10 heteroatoms. The number of ether oxygens (including phenoxy) is 2. The molecule has 1 heterocycles.